The quantitative estimate of drug-likeness (QED) is 0.607. The number of alkyl halides is 4. The molecular formula is C15H8ClF4N3O4. The summed E-state index contributed by atoms with van der Waals surface area (Å²) in [5.74, 6) is -2.44. The third-order valence-electron chi connectivity index (χ3n) is 3.63. The molecule has 1 aromatic carbocycles. The van der Waals surface area contributed by atoms with Crippen molar-refractivity contribution in [2.75, 3.05) is 12.8 Å². The minimum atomic E-state index is -4.94. The van der Waals surface area contributed by atoms with Gasteiger partial charge in [-0.2, -0.15) is 22.8 Å². The van der Waals surface area contributed by atoms with Crippen LogP contribution in [0, 0.1) is 11.3 Å². The van der Waals surface area contributed by atoms with Gasteiger partial charge in [0.1, 0.15) is 6.07 Å². The van der Waals surface area contributed by atoms with E-state index in [1.54, 1.807) is 6.07 Å². The molecule has 0 fully saturated rings. The van der Waals surface area contributed by atoms with Crippen molar-refractivity contribution in [1.29, 1.82) is 5.26 Å². The summed E-state index contributed by atoms with van der Waals surface area (Å²) in [5, 5.41) is 8.81. The number of nitriles is 1. The van der Waals surface area contributed by atoms with Crippen molar-refractivity contribution < 1.29 is 36.6 Å². The van der Waals surface area contributed by atoms with Crippen molar-refractivity contribution in [2.24, 2.45) is 0 Å². The fourth-order valence-corrected chi connectivity index (χ4v) is 2.61. The zero-order valence-electron chi connectivity index (χ0n) is 13.2. The van der Waals surface area contributed by atoms with Gasteiger partial charge in [-0.25, -0.2) is 4.79 Å². The van der Waals surface area contributed by atoms with Crippen molar-refractivity contribution >= 4 is 23.3 Å². The predicted molar refractivity (Wildman–Crippen MR) is 82.4 cm³/mol. The van der Waals surface area contributed by atoms with E-state index in [0.29, 0.717) is 0 Å². The first-order valence-electron chi connectivity index (χ1n) is 6.99. The summed E-state index contributed by atoms with van der Waals surface area (Å²) in [6.07, 6.45) is -8.75. The van der Waals surface area contributed by atoms with Crippen LogP contribution in [0.3, 0.4) is 0 Å². The van der Waals surface area contributed by atoms with E-state index < -0.39 is 29.7 Å². The zero-order valence-corrected chi connectivity index (χ0v) is 14.0. The number of nitrogens with two attached hydrogens (primary N) is 1. The minimum Gasteiger partial charge on any atom is -0.464 e. The highest BCUT2D eigenvalue weighted by molar-refractivity contribution is 6.32. The van der Waals surface area contributed by atoms with Crippen molar-refractivity contribution in [3.8, 4) is 23.3 Å². The maximum atomic E-state index is 13.4. The lowest BCUT2D eigenvalue weighted by atomic mass is 10.2. The number of esters is 1. The van der Waals surface area contributed by atoms with E-state index in [1.165, 1.54) is 0 Å². The van der Waals surface area contributed by atoms with Crippen LogP contribution in [-0.4, -0.2) is 29.9 Å². The van der Waals surface area contributed by atoms with Crippen molar-refractivity contribution in [3.63, 3.8) is 0 Å². The van der Waals surface area contributed by atoms with Crippen LogP contribution in [0.2, 0.25) is 5.02 Å². The van der Waals surface area contributed by atoms with E-state index in [9.17, 15) is 22.4 Å². The molecule has 2 aromatic rings. The third-order valence-corrected chi connectivity index (χ3v) is 3.93. The Balaban J connectivity index is 2.22. The van der Waals surface area contributed by atoms with Crippen molar-refractivity contribution in [1.82, 2.24) is 4.57 Å². The fraction of sp³-hybridized carbons (Fsp3) is 0.200. The summed E-state index contributed by atoms with van der Waals surface area (Å²) >= 11 is 6.02. The van der Waals surface area contributed by atoms with Crippen LogP contribution < -0.4 is 15.2 Å². The zero-order chi connectivity index (χ0) is 20.1. The number of benzene rings is 1. The number of carbonyl (C=O) groups is 1. The van der Waals surface area contributed by atoms with Gasteiger partial charge in [-0.1, -0.05) is 11.6 Å². The second-order valence-electron chi connectivity index (χ2n) is 5.27. The fourth-order valence-electron chi connectivity index (χ4n) is 2.37. The number of fused-ring (bicyclic) bond motifs is 1. The number of anilines is 1. The number of ether oxygens (including phenoxy) is 3. The molecule has 0 radical (unpaired) electrons. The van der Waals surface area contributed by atoms with E-state index in [4.69, 9.17) is 22.6 Å². The molecule has 1 aromatic heterocycles. The Morgan fingerprint density at radius 2 is 1.81 bits per heavy atom. The average molecular weight is 406 g/mol. The summed E-state index contributed by atoms with van der Waals surface area (Å²) in [6, 6.07) is 3.38. The first-order chi connectivity index (χ1) is 12.5. The Morgan fingerprint density at radius 3 is 2.33 bits per heavy atom. The number of halogens is 5. The van der Waals surface area contributed by atoms with Crippen LogP contribution in [0.1, 0.15) is 16.1 Å². The molecule has 12 heteroatoms. The van der Waals surface area contributed by atoms with Gasteiger partial charge in [0.15, 0.2) is 17.2 Å². The van der Waals surface area contributed by atoms with Gasteiger partial charge in [-0.15, -0.1) is 0 Å². The van der Waals surface area contributed by atoms with Gasteiger partial charge in [-0.3, -0.25) is 0 Å². The summed E-state index contributed by atoms with van der Waals surface area (Å²) in [6.45, 7) is 0. The lowest BCUT2D eigenvalue weighted by molar-refractivity contribution is -0.391. The molecule has 0 atom stereocenters. The van der Waals surface area contributed by atoms with Gasteiger partial charge in [0.25, 0.3) is 0 Å². The highest BCUT2D eigenvalue weighted by Crippen LogP contribution is 2.49. The normalized spacial score (nSPS) is 16.5. The van der Waals surface area contributed by atoms with E-state index in [2.05, 4.69) is 14.2 Å². The number of carbonyl (C=O) groups excluding carboxylic acids is 1. The van der Waals surface area contributed by atoms with E-state index in [1.807, 2.05) is 0 Å². The number of nitrogen functional groups attached to an aromatic ring is 1. The van der Waals surface area contributed by atoms with Crippen LogP contribution in [0.5, 0.6) is 11.5 Å². The highest BCUT2D eigenvalue weighted by Gasteiger charge is 2.66. The van der Waals surface area contributed by atoms with Crippen LogP contribution in [0.4, 0.5) is 23.2 Å². The number of aromatic nitrogens is 1. The summed E-state index contributed by atoms with van der Waals surface area (Å²) in [5.41, 5.74) is 4.89. The Morgan fingerprint density at radius 1 is 1.26 bits per heavy atom. The maximum absolute atomic E-state index is 13.4. The molecule has 0 aliphatic carbocycles. The minimum absolute atomic E-state index is 0.127. The number of hydrogen-bond acceptors (Lipinski definition) is 6. The summed E-state index contributed by atoms with van der Waals surface area (Å²) < 4.78 is 67.0. The first-order valence-corrected chi connectivity index (χ1v) is 7.37. The summed E-state index contributed by atoms with van der Waals surface area (Å²) in [4.78, 5) is 12.0. The SMILES string of the molecule is COC(=O)c1c(N)c(C#N)cn1-c1cc2c(cc1Cl)OC(F)(F)C(F)(F)O2. The van der Waals surface area contributed by atoms with Gasteiger partial charge in [0.2, 0.25) is 0 Å². The van der Waals surface area contributed by atoms with Gasteiger partial charge in [0, 0.05) is 18.3 Å². The van der Waals surface area contributed by atoms with Gasteiger partial charge in [-0.05, 0) is 0 Å². The molecule has 0 bridgehead atoms. The molecule has 2 heterocycles. The Labute approximate surface area is 153 Å². The van der Waals surface area contributed by atoms with Gasteiger partial charge < -0.3 is 24.5 Å². The molecule has 0 spiro atoms. The Hall–Kier alpha value is -3.13. The summed E-state index contributed by atoms with van der Waals surface area (Å²) in [7, 11) is 1.05. The molecule has 1 aliphatic rings. The second-order valence-corrected chi connectivity index (χ2v) is 5.67. The van der Waals surface area contributed by atoms with Crippen LogP contribution in [-0.2, 0) is 4.74 Å². The first kappa shape index (κ1) is 18.7. The smallest absolute Gasteiger partial charge is 0.464 e. The largest absolute Gasteiger partial charge is 0.507 e. The van der Waals surface area contributed by atoms with Gasteiger partial charge in [0.05, 0.1) is 29.1 Å². The Bertz CT molecular complexity index is 1000. The Kier molecular flexibility index (Phi) is 4.11. The maximum Gasteiger partial charge on any atom is 0.507 e. The molecule has 3 rings (SSSR count). The molecule has 27 heavy (non-hydrogen) atoms. The molecule has 0 amide bonds. The molecular weight excluding hydrogens is 398 g/mol. The highest BCUT2D eigenvalue weighted by atomic mass is 35.5. The lowest BCUT2D eigenvalue weighted by Gasteiger charge is -2.32. The van der Waals surface area contributed by atoms with E-state index >= 15 is 0 Å². The number of nitrogens with zero attached hydrogens (tertiary/aromatic N) is 2. The second kappa shape index (κ2) is 5.95. The molecule has 2 N–H and O–H groups in total. The number of rotatable bonds is 2. The molecule has 0 unspecified atom stereocenters. The van der Waals surface area contributed by atoms with E-state index in [-0.39, 0.29) is 27.7 Å². The number of methoxy groups -OCH3 is 1. The topological polar surface area (TPSA) is 99.5 Å². The third kappa shape index (κ3) is 2.78. The molecule has 0 saturated heterocycles. The lowest BCUT2D eigenvalue weighted by Crippen LogP contribution is -2.52. The van der Waals surface area contributed by atoms with Crippen molar-refractivity contribution in [3.05, 3.63) is 34.6 Å². The monoisotopic (exact) mass is 405 g/mol. The molecule has 142 valence electrons. The number of hydrogen-bond donors (Lipinski definition) is 1. The average Bonchev–Trinajstić information content (AvgIpc) is 2.91. The van der Waals surface area contributed by atoms with Crippen LogP contribution in [0.15, 0.2) is 18.3 Å². The van der Waals surface area contributed by atoms with E-state index in [0.717, 1.165) is 30.0 Å². The van der Waals surface area contributed by atoms with Crippen molar-refractivity contribution in [2.45, 2.75) is 12.2 Å². The molecule has 7 nitrogen and oxygen atoms in total. The van der Waals surface area contributed by atoms with Gasteiger partial charge >= 0.3 is 18.2 Å². The van der Waals surface area contributed by atoms with Crippen LogP contribution in [0.25, 0.3) is 5.69 Å². The van der Waals surface area contributed by atoms with Crippen LogP contribution >= 0.6 is 11.6 Å². The molecule has 1 aliphatic heterocycles. The standard InChI is InChI=1S/C15H8ClF4N3O4/c1-25-13(24)12-11(22)6(4-21)5-23(12)8-3-10-9(2-7(8)16)26-14(17,18)15(19,20)27-10/h2-3,5H,22H2,1H3. The predicted octanol–water partition coefficient (Wildman–Crippen LogP) is 3.33. The molecule has 0 saturated carbocycles.